The minimum Gasteiger partial charge on any atom is -0.313 e. The van der Waals surface area contributed by atoms with E-state index in [2.05, 4.69) is 21.2 Å². The number of alkyl halides is 1. The van der Waals surface area contributed by atoms with Gasteiger partial charge in [-0.1, -0.05) is 15.9 Å². The lowest BCUT2D eigenvalue weighted by Crippen LogP contribution is -2.17. The summed E-state index contributed by atoms with van der Waals surface area (Å²) in [6, 6.07) is 4.88. The molecular weight excluding hydrogens is 280 g/mol. The Bertz CT molecular complexity index is 297. The van der Waals surface area contributed by atoms with Gasteiger partial charge in [0.1, 0.15) is 5.82 Å². The van der Waals surface area contributed by atoms with Crippen LogP contribution in [-0.2, 0) is 6.54 Å². The Kier molecular flexibility index (Phi) is 5.58. The molecule has 1 rings (SSSR count). The van der Waals surface area contributed by atoms with Crippen LogP contribution in [0.4, 0.5) is 4.39 Å². The van der Waals surface area contributed by atoms with Gasteiger partial charge in [-0.3, -0.25) is 0 Å². The molecule has 0 heterocycles. The molecule has 0 fully saturated rings. The van der Waals surface area contributed by atoms with Crippen molar-refractivity contribution in [1.29, 1.82) is 0 Å². The standard InChI is InChI=1S/C11H14BrClFN/c1-8(13)2-3-15-7-9-4-10(12)6-11(14)5-9/h4-6,8,15H,2-3,7H2,1H3. The van der Waals surface area contributed by atoms with Crippen LogP contribution in [0.5, 0.6) is 0 Å². The molecule has 0 aliphatic carbocycles. The summed E-state index contributed by atoms with van der Waals surface area (Å²) in [6.45, 7) is 3.47. The van der Waals surface area contributed by atoms with Crippen LogP contribution in [-0.4, -0.2) is 11.9 Å². The van der Waals surface area contributed by atoms with Gasteiger partial charge in [0.05, 0.1) is 0 Å². The minimum absolute atomic E-state index is 0.178. The maximum absolute atomic E-state index is 13.0. The van der Waals surface area contributed by atoms with Crippen LogP contribution >= 0.6 is 27.5 Å². The maximum Gasteiger partial charge on any atom is 0.124 e. The number of rotatable bonds is 5. The van der Waals surface area contributed by atoms with E-state index in [4.69, 9.17) is 11.6 Å². The van der Waals surface area contributed by atoms with Crippen molar-refractivity contribution in [3.8, 4) is 0 Å². The van der Waals surface area contributed by atoms with Crippen molar-refractivity contribution in [1.82, 2.24) is 5.32 Å². The average molecular weight is 295 g/mol. The summed E-state index contributed by atoms with van der Waals surface area (Å²) in [5, 5.41) is 3.39. The molecule has 0 aliphatic heterocycles. The van der Waals surface area contributed by atoms with Crippen LogP contribution in [0, 0.1) is 5.82 Å². The summed E-state index contributed by atoms with van der Waals surface area (Å²) in [4.78, 5) is 0. The molecule has 0 aliphatic rings. The van der Waals surface area contributed by atoms with Crippen molar-refractivity contribution < 1.29 is 4.39 Å². The van der Waals surface area contributed by atoms with Gasteiger partial charge < -0.3 is 5.32 Å². The fourth-order valence-electron chi connectivity index (χ4n) is 1.25. The molecule has 1 aromatic rings. The summed E-state index contributed by atoms with van der Waals surface area (Å²) in [7, 11) is 0. The molecule has 1 atom stereocenters. The first-order valence-electron chi connectivity index (χ1n) is 4.87. The first-order valence-corrected chi connectivity index (χ1v) is 6.10. The topological polar surface area (TPSA) is 12.0 Å². The lowest BCUT2D eigenvalue weighted by Gasteiger charge is -2.06. The SMILES string of the molecule is CC(Cl)CCNCc1cc(F)cc(Br)c1. The van der Waals surface area contributed by atoms with Gasteiger partial charge in [-0.05, 0) is 43.7 Å². The monoisotopic (exact) mass is 293 g/mol. The number of halogens is 3. The fourth-order valence-corrected chi connectivity index (χ4v) is 1.87. The first-order chi connectivity index (χ1) is 7.08. The highest BCUT2D eigenvalue weighted by atomic mass is 79.9. The molecule has 0 spiro atoms. The molecule has 1 aromatic carbocycles. The summed E-state index contributed by atoms with van der Waals surface area (Å²) in [5.41, 5.74) is 0.934. The molecule has 0 amide bonds. The number of hydrogen-bond donors (Lipinski definition) is 1. The van der Waals surface area contributed by atoms with E-state index in [-0.39, 0.29) is 11.2 Å². The van der Waals surface area contributed by atoms with Crippen molar-refractivity contribution in [2.24, 2.45) is 0 Å². The smallest absolute Gasteiger partial charge is 0.124 e. The molecule has 0 bridgehead atoms. The van der Waals surface area contributed by atoms with Gasteiger partial charge in [0.2, 0.25) is 0 Å². The zero-order valence-corrected chi connectivity index (χ0v) is 10.9. The third-order valence-corrected chi connectivity index (χ3v) is 2.65. The van der Waals surface area contributed by atoms with Crippen LogP contribution in [0.3, 0.4) is 0 Å². The highest BCUT2D eigenvalue weighted by Crippen LogP contribution is 2.14. The van der Waals surface area contributed by atoms with E-state index in [1.54, 1.807) is 0 Å². The predicted octanol–water partition coefficient (Wildman–Crippen LogP) is 3.70. The largest absolute Gasteiger partial charge is 0.313 e. The van der Waals surface area contributed by atoms with Crippen molar-refractivity contribution in [2.45, 2.75) is 25.3 Å². The van der Waals surface area contributed by atoms with Gasteiger partial charge in [-0.25, -0.2) is 4.39 Å². The highest BCUT2D eigenvalue weighted by Gasteiger charge is 1.99. The van der Waals surface area contributed by atoms with E-state index < -0.39 is 0 Å². The van der Waals surface area contributed by atoms with E-state index in [0.717, 1.165) is 23.0 Å². The summed E-state index contributed by atoms with van der Waals surface area (Å²) < 4.78 is 13.8. The molecule has 0 saturated carbocycles. The van der Waals surface area contributed by atoms with Crippen molar-refractivity contribution in [2.75, 3.05) is 6.54 Å². The van der Waals surface area contributed by atoms with Gasteiger partial charge in [-0.15, -0.1) is 11.6 Å². The van der Waals surface area contributed by atoms with E-state index >= 15 is 0 Å². The number of hydrogen-bond acceptors (Lipinski definition) is 1. The first kappa shape index (κ1) is 12.9. The molecule has 4 heteroatoms. The maximum atomic E-state index is 13.0. The molecule has 15 heavy (non-hydrogen) atoms. The van der Waals surface area contributed by atoms with Gasteiger partial charge >= 0.3 is 0 Å². The van der Waals surface area contributed by atoms with Crippen LogP contribution in [0.25, 0.3) is 0 Å². The molecular formula is C11H14BrClFN. The van der Waals surface area contributed by atoms with Crippen LogP contribution < -0.4 is 5.32 Å². The number of benzene rings is 1. The third kappa shape index (κ3) is 5.50. The summed E-state index contributed by atoms with van der Waals surface area (Å²) >= 11 is 9.06. The Hall–Kier alpha value is -0.120. The second kappa shape index (κ2) is 6.46. The van der Waals surface area contributed by atoms with Crippen molar-refractivity contribution in [3.05, 3.63) is 34.1 Å². The van der Waals surface area contributed by atoms with Gasteiger partial charge in [0.25, 0.3) is 0 Å². The molecule has 1 nitrogen and oxygen atoms in total. The fraction of sp³-hybridized carbons (Fsp3) is 0.455. The summed E-state index contributed by atoms with van der Waals surface area (Å²) in [6.07, 6.45) is 0.915. The Morgan fingerprint density at radius 3 is 2.80 bits per heavy atom. The van der Waals surface area contributed by atoms with Gasteiger partial charge in [0, 0.05) is 16.4 Å². The van der Waals surface area contributed by atoms with Gasteiger partial charge in [0.15, 0.2) is 0 Å². The number of nitrogens with one attached hydrogen (secondary N) is 1. The van der Waals surface area contributed by atoms with Crippen LogP contribution in [0.15, 0.2) is 22.7 Å². The van der Waals surface area contributed by atoms with Crippen molar-refractivity contribution >= 4 is 27.5 Å². The normalized spacial score (nSPS) is 12.8. The Morgan fingerprint density at radius 2 is 2.20 bits per heavy atom. The zero-order valence-electron chi connectivity index (χ0n) is 8.56. The quantitative estimate of drug-likeness (QED) is 0.645. The lowest BCUT2D eigenvalue weighted by molar-refractivity contribution is 0.614. The molecule has 0 aromatic heterocycles. The van der Waals surface area contributed by atoms with Crippen LogP contribution in [0.1, 0.15) is 18.9 Å². The Balaban J connectivity index is 2.37. The molecule has 0 radical (unpaired) electrons. The van der Waals surface area contributed by atoms with E-state index in [1.165, 1.54) is 12.1 Å². The van der Waals surface area contributed by atoms with Crippen molar-refractivity contribution in [3.63, 3.8) is 0 Å². The second-order valence-corrected chi connectivity index (χ2v) is 5.18. The third-order valence-electron chi connectivity index (χ3n) is 1.97. The van der Waals surface area contributed by atoms with E-state index in [0.29, 0.717) is 6.54 Å². The van der Waals surface area contributed by atoms with E-state index in [9.17, 15) is 4.39 Å². The highest BCUT2D eigenvalue weighted by molar-refractivity contribution is 9.10. The molecule has 1 unspecified atom stereocenters. The Morgan fingerprint density at radius 1 is 1.47 bits per heavy atom. The zero-order chi connectivity index (χ0) is 11.3. The average Bonchev–Trinajstić information content (AvgIpc) is 2.10. The molecule has 1 N–H and O–H groups in total. The Labute approximate surface area is 103 Å². The van der Waals surface area contributed by atoms with E-state index in [1.807, 2.05) is 13.0 Å². The predicted molar refractivity (Wildman–Crippen MR) is 65.7 cm³/mol. The second-order valence-electron chi connectivity index (χ2n) is 3.52. The molecule has 84 valence electrons. The van der Waals surface area contributed by atoms with Crippen LogP contribution in [0.2, 0.25) is 0 Å². The summed E-state index contributed by atoms with van der Waals surface area (Å²) in [5.74, 6) is -0.216. The minimum atomic E-state index is -0.216. The van der Waals surface area contributed by atoms with Gasteiger partial charge in [-0.2, -0.15) is 0 Å². The lowest BCUT2D eigenvalue weighted by atomic mass is 10.2. The molecule has 0 saturated heterocycles.